The Morgan fingerprint density at radius 1 is 1.43 bits per heavy atom. The van der Waals surface area contributed by atoms with Crippen LogP contribution in [0, 0.1) is 0 Å². The number of hydrogen-bond donors (Lipinski definition) is 1. The van der Waals surface area contributed by atoms with Crippen molar-refractivity contribution in [3.8, 4) is 11.5 Å². The van der Waals surface area contributed by atoms with Gasteiger partial charge >= 0.3 is 5.97 Å². The molecule has 0 amide bonds. The lowest BCUT2D eigenvalue weighted by Crippen LogP contribution is -2.54. The van der Waals surface area contributed by atoms with Crippen molar-refractivity contribution < 1.29 is 19.0 Å². The van der Waals surface area contributed by atoms with Crippen LogP contribution in [0.2, 0.25) is 0 Å². The molecule has 0 saturated heterocycles. The number of fused-ring (bicyclic) bond motifs is 1. The highest BCUT2D eigenvalue weighted by molar-refractivity contribution is 5.84. The maximum Gasteiger partial charge on any atom is 0.330 e. The van der Waals surface area contributed by atoms with Crippen molar-refractivity contribution in [2.24, 2.45) is 5.73 Å². The van der Waals surface area contributed by atoms with Gasteiger partial charge in [-0.2, -0.15) is 0 Å². The molecule has 1 aromatic rings. The molecule has 1 aromatic carbocycles. The van der Waals surface area contributed by atoms with Crippen molar-refractivity contribution in [2.45, 2.75) is 44.8 Å². The van der Waals surface area contributed by atoms with Crippen molar-refractivity contribution in [1.29, 1.82) is 0 Å². The number of benzene rings is 1. The summed E-state index contributed by atoms with van der Waals surface area (Å²) in [4.78, 5) is 12.2. The number of ether oxygens (including phenoxy) is 3. The molecule has 0 radical (unpaired) electrons. The lowest BCUT2D eigenvalue weighted by atomic mass is 9.78. The van der Waals surface area contributed by atoms with Gasteiger partial charge in [-0.3, -0.25) is 0 Å². The van der Waals surface area contributed by atoms with E-state index >= 15 is 0 Å². The van der Waals surface area contributed by atoms with Gasteiger partial charge in [-0.1, -0.05) is 6.92 Å². The summed E-state index contributed by atoms with van der Waals surface area (Å²) in [6, 6.07) is 5.38. The minimum absolute atomic E-state index is 0.356. The Balaban J connectivity index is 2.45. The summed E-state index contributed by atoms with van der Waals surface area (Å²) in [5.41, 5.74) is 5.24. The Bertz CT molecular complexity index is 541. The van der Waals surface area contributed by atoms with Crippen LogP contribution in [0.3, 0.4) is 0 Å². The quantitative estimate of drug-likeness (QED) is 0.863. The first kappa shape index (κ1) is 15.6. The Morgan fingerprint density at radius 3 is 2.76 bits per heavy atom. The second-order valence-electron chi connectivity index (χ2n) is 6.01. The first-order chi connectivity index (χ1) is 9.82. The van der Waals surface area contributed by atoms with Crippen LogP contribution in [-0.2, 0) is 15.1 Å². The van der Waals surface area contributed by atoms with Crippen LogP contribution in [0.25, 0.3) is 0 Å². The van der Waals surface area contributed by atoms with Gasteiger partial charge < -0.3 is 19.9 Å². The van der Waals surface area contributed by atoms with Gasteiger partial charge in [-0.05, 0) is 32.4 Å². The van der Waals surface area contributed by atoms with Crippen LogP contribution in [0.5, 0.6) is 11.5 Å². The number of carbonyl (C=O) groups is 1. The molecule has 0 saturated carbocycles. The SMILES string of the molecule is CCCOc1ccc2c(c1)OC(C)(C)CC2(N)C(=O)OC. The van der Waals surface area contributed by atoms with Gasteiger partial charge in [0.05, 0.1) is 13.7 Å². The summed E-state index contributed by atoms with van der Waals surface area (Å²) in [6.07, 6.45) is 1.28. The molecule has 1 atom stereocenters. The van der Waals surface area contributed by atoms with E-state index in [9.17, 15) is 4.79 Å². The predicted molar refractivity (Wildman–Crippen MR) is 79.4 cm³/mol. The van der Waals surface area contributed by atoms with E-state index in [-0.39, 0.29) is 0 Å². The molecule has 0 aliphatic carbocycles. The van der Waals surface area contributed by atoms with E-state index in [0.29, 0.717) is 30.1 Å². The van der Waals surface area contributed by atoms with E-state index in [1.807, 2.05) is 20.8 Å². The average Bonchev–Trinajstić information content (AvgIpc) is 2.42. The molecule has 5 nitrogen and oxygen atoms in total. The van der Waals surface area contributed by atoms with Crippen molar-refractivity contribution in [1.82, 2.24) is 0 Å². The maximum atomic E-state index is 12.2. The van der Waals surface area contributed by atoms with Crippen molar-refractivity contribution in [2.75, 3.05) is 13.7 Å². The molecule has 5 heteroatoms. The van der Waals surface area contributed by atoms with Crippen LogP contribution in [0.1, 0.15) is 39.2 Å². The van der Waals surface area contributed by atoms with E-state index in [2.05, 4.69) is 0 Å². The lowest BCUT2D eigenvalue weighted by Gasteiger charge is -2.42. The zero-order valence-corrected chi connectivity index (χ0v) is 13.1. The zero-order valence-electron chi connectivity index (χ0n) is 13.1. The number of esters is 1. The number of carbonyl (C=O) groups excluding carboxylic acids is 1. The maximum absolute atomic E-state index is 12.2. The Morgan fingerprint density at radius 2 is 2.14 bits per heavy atom. The summed E-state index contributed by atoms with van der Waals surface area (Å²) >= 11 is 0. The van der Waals surface area contributed by atoms with Gasteiger partial charge in [0.15, 0.2) is 0 Å². The Hall–Kier alpha value is -1.75. The van der Waals surface area contributed by atoms with E-state index in [1.54, 1.807) is 18.2 Å². The van der Waals surface area contributed by atoms with Crippen LogP contribution < -0.4 is 15.2 Å². The van der Waals surface area contributed by atoms with Crippen molar-refractivity contribution >= 4 is 5.97 Å². The highest BCUT2D eigenvalue weighted by Crippen LogP contribution is 2.44. The predicted octanol–water partition coefficient (Wildman–Crippen LogP) is 2.36. The first-order valence-electron chi connectivity index (χ1n) is 7.16. The topological polar surface area (TPSA) is 70.8 Å². The van der Waals surface area contributed by atoms with Crippen molar-refractivity contribution in [3.63, 3.8) is 0 Å². The van der Waals surface area contributed by atoms with Gasteiger partial charge in [0.1, 0.15) is 22.6 Å². The monoisotopic (exact) mass is 293 g/mol. The number of nitrogens with two attached hydrogens (primary N) is 1. The van der Waals surface area contributed by atoms with Crippen LogP contribution in [0.15, 0.2) is 18.2 Å². The minimum Gasteiger partial charge on any atom is -0.493 e. The summed E-state index contributed by atoms with van der Waals surface area (Å²) in [5.74, 6) is 0.829. The standard InChI is InChI=1S/C16H23NO4/c1-5-8-20-11-6-7-12-13(9-11)21-15(2,3)10-16(12,17)14(18)19-4/h6-7,9H,5,8,10,17H2,1-4H3. The smallest absolute Gasteiger partial charge is 0.330 e. The number of methoxy groups -OCH3 is 1. The fraction of sp³-hybridized carbons (Fsp3) is 0.562. The molecule has 1 aliphatic rings. The zero-order chi connectivity index (χ0) is 15.7. The van der Waals surface area contributed by atoms with Gasteiger partial charge in [0, 0.05) is 18.1 Å². The van der Waals surface area contributed by atoms with E-state index < -0.39 is 17.1 Å². The molecular weight excluding hydrogens is 270 g/mol. The number of rotatable bonds is 4. The molecular formula is C16H23NO4. The highest BCUT2D eigenvalue weighted by Gasteiger charge is 2.48. The van der Waals surface area contributed by atoms with Gasteiger partial charge in [-0.15, -0.1) is 0 Å². The largest absolute Gasteiger partial charge is 0.493 e. The van der Waals surface area contributed by atoms with Gasteiger partial charge in [-0.25, -0.2) is 4.79 Å². The summed E-state index contributed by atoms with van der Waals surface area (Å²) in [5, 5.41) is 0. The second-order valence-corrected chi connectivity index (χ2v) is 6.01. The van der Waals surface area contributed by atoms with Crippen molar-refractivity contribution in [3.05, 3.63) is 23.8 Å². The molecule has 116 valence electrons. The summed E-state index contributed by atoms with van der Waals surface area (Å²) in [6.45, 7) is 6.48. The van der Waals surface area contributed by atoms with Crippen LogP contribution in [0.4, 0.5) is 0 Å². The summed E-state index contributed by atoms with van der Waals surface area (Å²) < 4.78 is 16.5. The third-order valence-electron chi connectivity index (χ3n) is 3.55. The van der Waals surface area contributed by atoms with E-state index in [4.69, 9.17) is 19.9 Å². The molecule has 1 heterocycles. The third kappa shape index (κ3) is 2.97. The molecule has 1 aliphatic heterocycles. The van der Waals surface area contributed by atoms with Crippen LogP contribution >= 0.6 is 0 Å². The normalized spacial score (nSPS) is 22.9. The molecule has 1 unspecified atom stereocenters. The molecule has 0 fully saturated rings. The molecule has 21 heavy (non-hydrogen) atoms. The first-order valence-corrected chi connectivity index (χ1v) is 7.16. The molecule has 0 spiro atoms. The van der Waals surface area contributed by atoms with Gasteiger partial charge in [0.2, 0.25) is 0 Å². The van der Waals surface area contributed by atoms with E-state index in [0.717, 1.165) is 6.42 Å². The second kappa shape index (κ2) is 5.56. The van der Waals surface area contributed by atoms with E-state index in [1.165, 1.54) is 7.11 Å². The van der Waals surface area contributed by atoms with Gasteiger partial charge in [0.25, 0.3) is 0 Å². The summed E-state index contributed by atoms with van der Waals surface area (Å²) in [7, 11) is 1.35. The molecule has 0 aromatic heterocycles. The lowest BCUT2D eigenvalue weighted by molar-refractivity contribution is -0.151. The number of hydrogen-bond acceptors (Lipinski definition) is 5. The molecule has 0 bridgehead atoms. The Kier molecular flexibility index (Phi) is 4.14. The highest BCUT2D eigenvalue weighted by atomic mass is 16.5. The van der Waals surface area contributed by atoms with Crippen LogP contribution in [-0.4, -0.2) is 25.3 Å². The third-order valence-corrected chi connectivity index (χ3v) is 3.55. The fourth-order valence-electron chi connectivity index (χ4n) is 2.73. The fourth-order valence-corrected chi connectivity index (χ4v) is 2.73. The Labute approximate surface area is 125 Å². The minimum atomic E-state index is -1.20. The molecule has 2 N–H and O–H groups in total. The average molecular weight is 293 g/mol. The molecule has 2 rings (SSSR count).